The first kappa shape index (κ1) is 42.3. The van der Waals surface area contributed by atoms with Crippen molar-refractivity contribution in [1.29, 1.82) is 0 Å². The largest absolute Gasteiger partial charge is 0.311 e. The average molecular weight is 944 g/mol. The van der Waals surface area contributed by atoms with E-state index in [0.29, 0.717) is 0 Å². The maximum Gasteiger partial charge on any atom is 0.252 e. The van der Waals surface area contributed by atoms with E-state index in [-0.39, 0.29) is 13.4 Å². The van der Waals surface area contributed by atoms with E-state index >= 15 is 0 Å². The van der Waals surface area contributed by atoms with E-state index in [1.807, 2.05) is 0 Å². The first-order chi connectivity index (χ1) is 36.7. The van der Waals surface area contributed by atoms with Crippen molar-refractivity contribution in [3.63, 3.8) is 0 Å². The second-order valence-electron chi connectivity index (χ2n) is 19.8. The second kappa shape index (κ2) is 16.8. The molecule has 0 unspecified atom stereocenters. The first-order valence-corrected chi connectivity index (χ1v) is 25.7. The van der Waals surface area contributed by atoms with Crippen molar-refractivity contribution in [2.24, 2.45) is 0 Å². The van der Waals surface area contributed by atoms with Crippen LogP contribution in [0.4, 0.5) is 85.3 Å². The van der Waals surface area contributed by atoms with Crippen LogP contribution < -0.4 is 57.3 Å². The number of rotatable bonds is 7. The topological polar surface area (TPSA) is 16.2 Å². The van der Waals surface area contributed by atoms with Gasteiger partial charge in [-0.3, -0.25) is 0 Å². The van der Waals surface area contributed by atoms with Crippen LogP contribution in [0.25, 0.3) is 0 Å². The van der Waals surface area contributed by atoms with Gasteiger partial charge in [0.25, 0.3) is 13.4 Å². The van der Waals surface area contributed by atoms with Crippen molar-refractivity contribution >= 4 is 132 Å². The minimum Gasteiger partial charge on any atom is -0.311 e. The van der Waals surface area contributed by atoms with Crippen molar-refractivity contribution in [3.8, 4) is 0 Å². The minimum absolute atomic E-state index is 0.0459. The number of hydrogen-bond donors (Lipinski definition) is 0. The molecule has 0 aliphatic carbocycles. The number of para-hydroxylation sites is 8. The summed E-state index contributed by atoms with van der Waals surface area (Å²) in [7, 11) is 0. The molecule has 0 fully saturated rings. The van der Waals surface area contributed by atoms with Crippen LogP contribution in [0.5, 0.6) is 0 Å². The molecule has 11 aromatic carbocycles. The van der Waals surface area contributed by atoms with Crippen molar-refractivity contribution in [1.82, 2.24) is 0 Å². The van der Waals surface area contributed by atoms with Gasteiger partial charge in [0.1, 0.15) is 0 Å². The highest BCUT2D eigenvalue weighted by Gasteiger charge is 2.48. The SMILES string of the molecule is Cc1cc2c3c(c1)N(c1ccccc1)c1cc4c(cc1B3c1ccccc1N2c1ccccc1)B1c2ccccc2N(c2ccccc2)c2cc(N(c3ccccc3)c3ccccc3)cc(c21)N4c1ccccc1. The van der Waals surface area contributed by atoms with Gasteiger partial charge in [0.05, 0.1) is 5.69 Å². The number of hydrogen-bond acceptors (Lipinski definition) is 5. The predicted octanol–water partition coefficient (Wildman–Crippen LogP) is 13.6. The molecule has 0 saturated heterocycles. The van der Waals surface area contributed by atoms with Crippen LogP contribution in [0, 0.1) is 6.92 Å². The number of nitrogens with zero attached hydrogens (tertiary/aromatic N) is 5. The lowest BCUT2D eigenvalue weighted by Crippen LogP contribution is -2.65. The van der Waals surface area contributed by atoms with E-state index in [4.69, 9.17) is 0 Å². The molecule has 0 aromatic heterocycles. The van der Waals surface area contributed by atoms with Crippen LogP contribution in [0.15, 0.2) is 267 Å². The van der Waals surface area contributed by atoms with Crippen LogP contribution in [0.1, 0.15) is 5.56 Å². The van der Waals surface area contributed by atoms with Gasteiger partial charge >= 0.3 is 0 Å². The quantitative estimate of drug-likeness (QED) is 0.148. The molecule has 15 rings (SSSR count). The Morgan fingerprint density at radius 3 is 0.946 bits per heavy atom. The molecular formula is C67H47B2N5. The Morgan fingerprint density at radius 1 is 0.257 bits per heavy atom. The van der Waals surface area contributed by atoms with E-state index in [9.17, 15) is 0 Å². The van der Waals surface area contributed by atoms with Gasteiger partial charge in [0.2, 0.25) is 0 Å². The highest BCUT2D eigenvalue weighted by atomic mass is 15.2. The zero-order chi connectivity index (χ0) is 48.9. The van der Waals surface area contributed by atoms with Gasteiger partial charge < -0.3 is 24.5 Å². The van der Waals surface area contributed by atoms with Crippen molar-refractivity contribution in [2.75, 3.05) is 24.5 Å². The normalized spacial score (nSPS) is 13.3. The maximum absolute atomic E-state index is 2.61. The third kappa shape index (κ3) is 6.39. The molecule has 0 saturated carbocycles. The summed E-state index contributed by atoms with van der Waals surface area (Å²) in [5, 5.41) is 0. The summed E-state index contributed by atoms with van der Waals surface area (Å²) in [5.74, 6) is 0. The Labute approximate surface area is 433 Å². The molecule has 11 aromatic rings. The third-order valence-electron chi connectivity index (χ3n) is 15.5. The third-order valence-corrected chi connectivity index (χ3v) is 15.5. The Hall–Kier alpha value is -9.45. The Morgan fingerprint density at radius 2 is 0.568 bits per heavy atom. The Bertz CT molecular complexity index is 3910. The highest BCUT2D eigenvalue weighted by molar-refractivity contribution is 7.03. The Balaban J connectivity index is 1.07. The molecule has 5 nitrogen and oxygen atoms in total. The summed E-state index contributed by atoms with van der Waals surface area (Å²) in [6.45, 7) is 2.10. The number of fused-ring (bicyclic) bond motifs is 8. The molecule has 4 aliphatic rings. The van der Waals surface area contributed by atoms with Crippen LogP contribution in [0.2, 0.25) is 0 Å². The number of anilines is 15. The first-order valence-electron chi connectivity index (χ1n) is 25.7. The van der Waals surface area contributed by atoms with Crippen molar-refractivity contribution in [2.45, 2.75) is 6.92 Å². The van der Waals surface area contributed by atoms with Crippen molar-refractivity contribution < 1.29 is 0 Å². The molecule has 4 heterocycles. The van der Waals surface area contributed by atoms with Crippen molar-refractivity contribution in [3.05, 3.63) is 272 Å². The fourth-order valence-corrected chi connectivity index (χ4v) is 12.7. The van der Waals surface area contributed by atoms with E-state index in [1.165, 1.54) is 66.8 Å². The van der Waals surface area contributed by atoms with E-state index in [2.05, 4.69) is 298 Å². The minimum atomic E-state index is -0.101. The standard InChI is InChI=1S/C67H47B2N5/c1-46-40-62-66-63(41-46)73(51-32-16-6-17-33-51)60-45-61-57(44-56(60)68(66)54-36-20-22-38-58(54)71(62)49-28-12-4-13-29-49)69-55-37-21-23-39-59(55)72(50-30-14-5-15-31-50)64-42-53(43-65(67(64)69)74(61)52-34-18-7-19-35-52)70(47-24-8-2-9-25-47)48-26-10-3-11-27-48/h2-45H,1H3. The molecule has 0 spiro atoms. The lowest BCUT2D eigenvalue weighted by molar-refractivity contribution is 1.22. The maximum atomic E-state index is 2.61. The number of aryl methyl sites for hydroxylation is 1. The highest BCUT2D eigenvalue weighted by Crippen LogP contribution is 2.50. The van der Waals surface area contributed by atoms with Gasteiger partial charge in [-0.15, -0.1) is 0 Å². The van der Waals surface area contributed by atoms with Crippen LogP contribution in [-0.4, -0.2) is 13.4 Å². The average Bonchev–Trinajstić information content (AvgIpc) is 3.46. The van der Waals surface area contributed by atoms with Gasteiger partial charge in [-0.1, -0.05) is 152 Å². The monoisotopic (exact) mass is 943 g/mol. The van der Waals surface area contributed by atoms with Crippen LogP contribution in [0.3, 0.4) is 0 Å². The summed E-state index contributed by atoms with van der Waals surface area (Å²) < 4.78 is 0. The van der Waals surface area contributed by atoms with E-state index < -0.39 is 0 Å². The van der Waals surface area contributed by atoms with E-state index in [0.717, 1.165) is 56.9 Å². The molecule has 346 valence electrons. The summed E-state index contributed by atoms with van der Waals surface area (Å²) in [4.78, 5) is 12.5. The summed E-state index contributed by atoms with van der Waals surface area (Å²) in [6, 6.07) is 98.6. The molecule has 0 atom stereocenters. The van der Waals surface area contributed by atoms with Gasteiger partial charge in [0.15, 0.2) is 0 Å². The zero-order valence-electron chi connectivity index (χ0n) is 40.8. The Kier molecular flexibility index (Phi) is 9.61. The molecule has 0 N–H and O–H groups in total. The number of benzene rings is 11. The smallest absolute Gasteiger partial charge is 0.252 e. The lowest BCUT2D eigenvalue weighted by atomic mass is 9.30. The molecule has 0 bridgehead atoms. The fraction of sp³-hybridized carbons (Fsp3) is 0.0149. The molecule has 0 amide bonds. The lowest BCUT2D eigenvalue weighted by Gasteiger charge is -2.47. The predicted molar refractivity (Wildman–Crippen MR) is 314 cm³/mol. The van der Waals surface area contributed by atoms with E-state index in [1.54, 1.807) is 0 Å². The second-order valence-corrected chi connectivity index (χ2v) is 19.8. The molecule has 74 heavy (non-hydrogen) atoms. The summed E-state index contributed by atoms with van der Waals surface area (Å²) >= 11 is 0. The molecule has 7 heteroatoms. The van der Waals surface area contributed by atoms with Crippen LogP contribution in [-0.2, 0) is 0 Å². The zero-order valence-corrected chi connectivity index (χ0v) is 40.8. The van der Waals surface area contributed by atoms with Gasteiger partial charge in [-0.2, -0.15) is 0 Å². The van der Waals surface area contributed by atoms with Gasteiger partial charge in [-0.05, 0) is 161 Å². The molecule has 4 aliphatic heterocycles. The van der Waals surface area contributed by atoms with Crippen LogP contribution >= 0.6 is 0 Å². The van der Waals surface area contributed by atoms with Gasteiger partial charge in [-0.25, -0.2) is 0 Å². The van der Waals surface area contributed by atoms with Gasteiger partial charge in [0, 0.05) is 79.6 Å². The summed E-state index contributed by atoms with van der Waals surface area (Å²) in [5.41, 5.74) is 26.2. The molecule has 0 radical (unpaired) electrons. The molecular weight excluding hydrogens is 896 g/mol. The fourth-order valence-electron chi connectivity index (χ4n) is 12.7. The summed E-state index contributed by atoms with van der Waals surface area (Å²) in [6.07, 6.45) is 0.